The van der Waals surface area contributed by atoms with Gasteiger partial charge in [0.15, 0.2) is 0 Å². The van der Waals surface area contributed by atoms with Crippen molar-refractivity contribution in [2.75, 3.05) is 38.2 Å². The Labute approximate surface area is 171 Å². The Kier molecular flexibility index (Phi) is 5.66. The van der Waals surface area contributed by atoms with Gasteiger partial charge in [-0.3, -0.25) is 4.79 Å². The topological polar surface area (TPSA) is 42.0 Å². The lowest BCUT2D eigenvalue weighted by atomic mass is 10.1. The van der Waals surface area contributed by atoms with E-state index in [1.54, 1.807) is 7.11 Å². The second kappa shape index (κ2) is 8.69. The van der Waals surface area contributed by atoms with Crippen molar-refractivity contribution >= 4 is 11.6 Å². The highest BCUT2D eigenvalue weighted by Gasteiger charge is 2.24. The predicted octanol–water partition coefficient (Wildman–Crippen LogP) is 4.45. The number of benzene rings is 3. The number of methoxy groups -OCH3 is 1. The van der Waals surface area contributed by atoms with Crippen LogP contribution in [0.5, 0.6) is 17.2 Å². The van der Waals surface area contributed by atoms with Crippen LogP contribution in [0.25, 0.3) is 0 Å². The third-order valence-corrected chi connectivity index (χ3v) is 5.09. The maximum atomic E-state index is 13.1. The average Bonchev–Trinajstić information content (AvgIpc) is 2.80. The minimum atomic E-state index is 0.00547. The Morgan fingerprint density at radius 3 is 2.10 bits per heavy atom. The molecule has 0 aromatic heterocycles. The molecule has 4 rings (SSSR count). The molecule has 0 N–H and O–H groups in total. The van der Waals surface area contributed by atoms with Crippen molar-refractivity contribution in [2.24, 2.45) is 0 Å². The molecular formula is C24H24N2O3. The molecule has 1 heterocycles. The van der Waals surface area contributed by atoms with Crippen LogP contribution in [0, 0.1) is 0 Å². The normalized spacial score (nSPS) is 13.8. The van der Waals surface area contributed by atoms with E-state index < -0.39 is 0 Å². The van der Waals surface area contributed by atoms with Crippen LogP contribution in [0.4, 0.5) is 5.69 Å². The second-order valence-corrected chi connectivity index (χ2v) is 6.89. The van der Waals surface area contributed by atoms with E-state index in [2.05, 4.69) is 17.0 Å². The first-order valence-electron chi connectivity index (χ1n) is 9.75. The van der Waals surface area contributed by atoms with Crippen molar-refractivity contribution in [2.45, 2.75) is 0 Å². The standard InChI is InChI=1S/C24H24N2O3/c1-28-20-13-11-19(12-14-20)25-15-17-26(18-16-25)24(27)22-9-5-6-10-23(22)29-21-7-3-2-4-8-21/h2-14H,15-18H2,1H3. The first-order valence-corrected chi connectivity index (χ1v) is 9.75. The number of amides is 1. The zero-order valence-electron chi connectivity index (χ0n) is 16.5. The van der Waals surface area contributed by atoms with E-state index in [1.807, 2.05) is 71.6 Å². The number of hydrogen-bond donors (Lipinski definition) is 0. The average molecular weight is 388 g/mol. The number of nitrogens with zero attached hydrogens (tertiary/aromatic N) is 2. The molecule has 1 amide bonds. The number of rotatable bonds is 5. The van der Waals surface area contributed by atoms with E-state index in [9.17, 15) is 4.79 Å². The van der Waals surface area contributed by atoms with Crippen molar-refractivity contribution in [3.8, 4) is 17.2 Å². The number of carbonyl (C=O) groups excluding carboxylic acids is 1. The quantitative estimate of drug-likeness (QED) is 0.648. The minimum absolute atomic E-state index is 0.00547. The van der Waals surface area contributed by atoms with Crippen molar-refractivity contribution < 1.29 is 14.3 Å². The van der Waals surface area contributed by atoms with E-state index in [0.717, 1.165) is 30.3 Å². The number of hydrogen-bond acceptors (Lipinski definition) is 4. The Hall–Kier alpha value is -3.47. The Morgan fingerprint density at radius 2 is 1.41 bits per heavy atom. The molecule has 1 aliphatic rings. The van der Waals surface area contributed by atoms with E-state index in [4.69, 9.17) is 9.47 Å². The van der Waals surface area contributed by atoms with Crippen LogP contribution < -0.4 is 14.4 Å². The molecule has 0 spiro atoms. The minimum Gasteiger partial charge on any atom is -0.497 e. The summed E-state index contributed by atoms with van der Waals surface area (Å²) >= 11 is 0. The van der Waals surface area contributed by atoms with Crippen molar-refractivity contribution in [3.63, 3.8) is 0 Å². The van der Waals surface area contributed by atoms with Gasteiger partial charge in [0.25, 0.3) is 5.91 Å². The van der Waals surface area contributed by atoms with Crippen LogP contribution in [-0.2, 0) is 0 Å². The highest BCUT2D eigenvalue weighted by molar-refractivity contribution is 5.97. The fraction of sp³-hybridized carbons (Fsp3) is 0.208. The number of para-hydroxylation sites is 2. The molecule has 1 fully saturated rings. The molecule has 0 aliphatic carbocycles. The zero-order chi connectivity index (χ0) is 20.1. The maximum absolute atomic E-state index is 13.1. The Bertz CT molecular complexity index is 949. The lowest BCUT2D eigenvalue weighted by Gasteiger charge is -2.36. The maximum Gasteiger partial charge on any atom is 0.257 e. The largest absolute Gasteiger partial charge is 0.497 e. The highest BCUT2D eigenvalue weighted by Crippen LogP contribution is 2.27. The third kappa shape index (κ3) is 4.35. The number of piperazine rings is 1. The summed E-state index contributed by atoms with van der Waals surface area (Å²) in [4.78, 5) is 17.3. The van der Waals surface area contributed by atoms with Crippen LogP contribution in [0.15, 0.2) is 78.9 Å². The van der Waals surface area contributed by atoms with Gasteiger partial charge in [0, 0.05) is 31.9 Å². The predicted molar refractivity (Wildman–Crippen MR) is 114 cm³/mol. The first-order chi connectivity index (χ1) is 14.2. The molecule has 1 aliphatic heterocycles. The summed E-state index contributed by atoms with van der Waals surface area (Å²) in [5.74, 6) is 2.15. The summed E-state index contributed by atoms with van der Waals surface area (Å²) in [5.41, 5.74) is 1.74. The molecular weight excluding hydrogens is 364 g/mol. The molecule has 3 aromatic carbocycles. The molecule has 29 heavy (non-hydrogen) atoms. The smallest absolute Gasteiger partial charge is 0.257 e. The third-order valence-electron chi connectivity index (χ3n) is 5.09. The SMILES string of the molecule is COc1ccc(N2CCN(C(=O)c3ccccc3Oc3ccccc3)CC2)cc1. The monoisotopic (exact) mass is 388 g/mol. The van der Waals surface area contributed by atoms with Crippen LogP contribution in [0.1, 0.15) is 10.4 Å². The molecule has 5 heteroatoms. The fourth-order valence-corrected chi connectivity index (χ4v) is 3.48. The van der Waals surface area contributed by atoms with Crippen LogP contribution >= 0.6 is 0 Å². The van der Waals surface area contributed by atoms with Crippen molar-refractivity contribution in [1.29, 1.82) is 0 Å². The van der Waals surface area contributed by atoms with Gasteiger partial charge in [0.05, 0.1) is 12.7 Å². The van der Waals surface area contributed by atoms with Gasteiger partial charge in [-0.15, -0.1) is 0 Å². The van der Waals surface area contributed by atoms with Crippen molar-refractivity contribution in [3.05, 3.63) is 84.4 Å². The van der Waals surface area contributed by atoms with Gasteiger partial charge in [-0.05, 0) is 48.5 Å². The Balaban J connectivity index is 1.43. The van der Waals surface area contributed by atoms with Crippen molar-refractivity contribution in [1.82, 2.24) is 4.90 Å². The summed E-state index contributed by atoms with van der Waals surface area (Å²) in [7, 11) is 1.67. The van der Waals surface area contributed by atoms with E-state index in [-0.39, 0.29) is 5.91 Å². The molecule has 3 aromatic rings. The number of ether oxygens (including phenoxy) is 2. The summed E-state index contributed by atoms with van der Waals surface area (Å²) in [5, 5.41) is 0. The molecule has 1 saturated heterocycles. The van der Waals surface area contributed by atoms with Gasteiger partial charge < -0.3 is 19.3 Å². The number of carbonyl (C=O) groups is 1. The fourth-order valence-electron chi connectivity index (χ4n) is 3.48. The summed E-state index contributed by atoms with van der Waals surface area (Å²) in [6.45, 7) is 2.93. The van der Waals surface area contributed by atoms with Crippen LogP contribution in [-0.4, -0.2) is 44.1 Å². The van der Waals surface area contributed by atoms with Gasteiger partial charge >= 0.3 is 0 Å². The van der Waals surface area contributed by atoms with E-state index in [1.165, 1.54) is 0 Å². The lowest BCUT2D eigenvalue weighted by Crippen LogP contribution is -2.48. The highest BCUT2D eigenvalue weighted by atomic mass is 16.5. The van der Waals surface area contributed by atoms with Crippen LogP contribution in [0.2, 0.25) is 0 Å². The first kappa shape index (κ1) is 18.9. The van der Waals surface area contributed by atoms with E-state index >= 15 is 0 Å². The molecule has 0 atom stereocenters. The summed E-state index contributed by atoms with van der Waals surface area (Å²) in [6.07, 6.45) is 0. The molecule has 0 bridgehead atoms. The van der Waals surface area contributed by atoms with Gasteiger partial charge in [-0.2, -0.15) is 0 Å². The van der Waals surface area contributed by atoms with Crippen LogP contribution in [0.3, 0.4) is 0 Å². The summed E-state index contributed by atoms with van der Waals surface area (Å²) < 4.78 is 11.2. The van der Waals surface area contributed by atoms with Gasteiger partial charge in [-0.1, -0.05) is 30.3 Å². The molecule has 0 saturated carbocycles. The van der Waals surface area contributed by atoms with Gasteiger partial charge in [0.1, 0.15) is 17.2 Å². The van der Waals surface area contributed by atoms with Gasteiger partial charge in [-0.25, -0.2) is 0 Å². The molecule has 0 unspecified atom stereocenters. The van der Waals surface area contributed by atoms with E-state index in [0.29, 0.717) is 24.4 Å². The van der Waals surface area contributed by atoms with Gasteiger partial charge in [0.2, 0.25) is 0 Å². The lowest BCUT2D eigenvalue weighted by molar-refractivity contribution is 0.0744. The molecule has 148 valence electrons. The molecule has 0 radical (unpaired) electrons. The summed E-state index contributed by atoms with van der Waals surface area (Å²) in [6, 6.07) is 25.0. The Morgan fingerprint density at radius 1 is 0.759 bits per heavy atom. The number of anilines is 1. The molecule has 5 nitrogen and oxygen atoms in total. The second-order valence-electron chi connectivity index (χ2n) is 6.89. The zero-order valence-corrected chi connectivity index (χ0v) is 16.5.